The van der Waals surface area contributed by atoms with Gasteiger partial charge in [-0.3, -0.25) is 14.5 Å². The van der Waals surface area contributed by atoms with Crippen LogP contribution >= 0.6 is 0 Å². The summed E-state index contributed by atoms with van der Waals surface area (Å²) in [5.74, 6) is -0.300. The maximum Gasteiger partial charge on any atom is 0.325 e. The molecule has 0 aliphatic carbocycles. The van der Waals surface area contributed by atoms with E-state index in [-0.39, 0.29) is 19.0 Å². The molecule has 1 saturated heterocycles. The Hall–Kier alpha value is -2.68. The Bertz CT molecular complexity index is 673. The Morgan fingerprint density at radius 3 is 2.56 bits per heavy atom. The van der Waals surface area contributed by atoms with Gasteiger partial charge in [-0.15, -0.1) is 0 Å². The monoisotopic (exact) mass is 378 g/mol. The molecule has 9 nitrogen and oxygen atoms in total. The van der Waals surface area contributed by atoms with E-state index in [9.17, 15) is 14.4 Å². The number of hydrogen-bond donors (Lipinski definition) is 2. The van der Waals surface area contributed by atoms with E-state index in [0.717, 1.165) is 10.5 Å². The highest BCUT2D eigenvalue weighted by molar-refractivity contribution is 6.08. The first-order valence-electron chi connectivity index (χ1n) is 8.93. The van der Waals surface area contributed by atoms with Gasteiger partial charge in [-0.1, -0.05) is 19.9 Å². The molecule has 1 fully saturated rings. The van der Waals surface area contributed by atoms with Gasteiger partial charge in [0.1, 0.15) is 18.7 Å². The summed E-state index contributed by atoms with van der Waals surface area (Å²) >= 11 is 0. The number of pyridine rings is 1. The van der Waals surface area contributed by atoms with Gasteiger partial charge >= 0.3 is 6.03 Å². The van der Waals surface area contributed by atoms with Crippen molar-refractivity contribution in [3.63, 3.8) is 0 Å². The van der Waals surface area contributed by atoms with E-state index in [1.54, 1.807) is 25.4 Å². The van der Waals surface area contributed by atoms with Crippen LogP contribution in [0.4, 0.5) is 4.79 Å². The van der Waals surface area contributed by atoms with E-state index in [1.807, 2.05) is 13.8 Å². The zero-order valence-corrected chi connectivity index (χ0v) is 15.9. The molecule has 0 atom stereocenters. The molecule has 27 heavy (non-hydrogen) atoms. The first-order chi connectivity index (χ1) is 13.0. The number of nitrogens with one attached hydrogen (secondary N) is 2. The van der Waals surface area contributed by atoms with Crippen molar-refractivity contribution in [2.24, 2.45) is 0 Å². The lowest BCUT2D eigenvalue weighted by Crippen LogP contribution is -2.46. The van der Waals surface area contributed by atoms with Crippen LogP contribution < -0.4 is 15.4 Å². The SMILES string of the molecule is CCC1(CC)NC(=O)N(CC(=O)NCc2ccc(OCCOC)nc2)C1=O. The van der Waals surface area contributed by atoms with Gasteiger partial charge in [0.05, 0.1) is 6.61 Å². The standard InChI is InChI=1S/C18H26N4O5/c1-4-18(5-2)16(24)22(17(25)21-18)12-14(23)19-10-13-6-7-15(20-11-13)27-9-8-26-3/h6-7,11H,4-5,8-10,12H2,1-3H3,(H,19,23)(H,21,25). The number of ether oxygens (including phenoxy) is 2. The topological polar surface area (TPSA) is 110 Å². The van der Waals surface area contributed by atoms with Crippen molar-refractivity contribution >= 4 is 17.8 Å². The van der Waals surface area contributed by atoms with Crippen LogP contribution in [0, 0.1) is 0 Å². The zero-order valence-electron chi connectivity index (χ0n) is 15.9. The van der Waals surface area contributed by atoms with Crippen LogP contribution in [0.1, 0.15) is 32.3 Å². The summed E-state index contributed by atoms with van der Waals surface area (Å²) in [6.45, 7) is 4.47. The molecule has 4 amide bonds. The molecule has 0 bridgehead atoms. The lowest BCUT2D eigenvalue weighted by molar-refractivity contribution is -0.135. The second-order valence-electron chi connectivity index (χ2n) is 6.23. The van der Waals surface area contributed by atoms with Gasteiger partial charge in [-0.25, -0.2) is 9.78 Å². The van der Waals surface area contributed by atoms with Gasteiger partial charge in [-0.2, -0.15) is 0 Å². The predicted octanol–water partition coefficient (Wildman–Crippen LogP) is 0.834. The Balaban J connectivity index is 1.84. The van der Waals surface area contributed by atoms with Gasteiger partial charge in [0.15, 0.2) is 0 Å². The smallest absolute Gasteiger partial charge is 0.325 e. The lowest BCUT2D eigenvalue weighted by Gasteiger charge is -2.23. The van der Waals surface area contributed by atoms with Crippen molar-refractivity contribution in [2.75, 3.05) is 26.9 Å². The van der Waals surface area contributed by atoms with E-state index in [4.69, 9.17) is 9.47 Å². The quantitative estimate of drug-likeness (QED) is 0.461. The molecular formula is C18H26N4O5. The fourth-order valence-corrected chi connectivity index (χ4v) is 2.78. The second-order valence-corrected chi connectivity index (χ2v) is 6.23. The molecule has 2 N–H and O–H groups in total. The molecule has 0 unspecified atom stereocenters. The van der Waals surface area contributed by atoms with E-state index >= 15 is 0 Å². The molecule has 1 aromatic rings. The molecule has 0 saturated carbocycles. The molecule has 0 radical (unpaired) electrons. The number of hydrogen-bond acceptors (Lipinski definition) is 6. The lowest BCUT2D eigenvalue weighted by atomic mass is 9.93. The van der Waals surface area contributed by atoms with Crippen LogP contribution in [0.15, 0.2) is 18.3 Å². The molecule has 148 valence electrons. The Labute approximate surface area is 158 Å². The average molecular weight is 378 g/mol. The zero-order chi connectivity index (χ0) is 19.9. The molecule has 2 rings (SSSR count). The number of methoxy groups -OCH3 is 1. The summed E-state index contributed by atoms with van der Waals surface area (Å²) in [7, 11) is 1.59. The predicted molar refractivity (Wildman–Crippen MR) is 97.0 cm³/mol. The minimum atomic E-state index is -0.903. The van der Waals surface area contributed by atoms with Crippen molar-refractivity contribution < 1.29 is 23.9 Å². The third-order valence-corrected chi connectivity index (χ3v) is 4.58. The van der Waals surface area contributed by atoms with Gasteiger partial charge < -0.3 is 20.1 Å². The van der Waals surface area contributed by atoms with Crippen LogP contribution in [0.3, 0.4) is 0 Å². The van der Waals surface area contributed by atoms with Crippen molar-refractivity contribution in [3.8, 4) is 5.88 Å². The average Bonchev–Trinajstić information content (AvgIpc) is 2.92. The summed E-state index contributed by atoms with van der Waals surface area (Å²) in [6.07, 6.45) is 2.56. The summed E-state index contributed by atoms with van der Waals surface area (Å²) in [5, 5.41) is 5.39. The molecule has 1 aliphatic rings. The van der Waals surface area contributed by atoms with E-state index in [1.165, 1.54) is 0 Å². The molecule has 9 heteroatoms. The highest BCUT2D eigenvalue weighted by atomic mass is 16.5. The molecule has 1 aliphatic heterocycles. The van der Waals surface area contributed by atoms with E-state index < -0.39 is 17.5 Å². The Kier molecular flexibility index (Phi) is 7.12. The number of carbonyl (C=O) groups is 3. The van der Waals surface area contributed by atoms with Crippen LogP contribution in [-0.2, 0) is 20.9 Å². The van der Waals surface area contributed by atoms with Crippen molar-refractivity contribution in [1.29, 1.82) is 0 Å². The third kappa shape index (κ3) is 4.94. The van der Waals surface area contributed by atoms with Crippen molar-refractivity contribution in [3.05, 3.63) is 23.9 Å². The number of aromatic nitrogens is 1. The van der Waals surface area contributed by atoms with Crippen molar-refractivity contribution in [2.45, 2.75) is 38.8 Å². The minimum Gasteiger partial charge on any atom is -0.475 e. The fraction of sp³-hybridized carbons (Fsp3) is 0.556. The molecular weight excluding hydrogens is 352 g/mol. The summed E-state index contributed by atoms with van der Waals surface area (Å²) < 4.78 is 10.3. The Morgan fingerprint density at radius 1 is 1.26 bits per heavy atom. The minimum absolute atomic E-state index is 0.237. The summed E-state index contributed by atoms with van der Waals surface area (Å²) in [6, 6.07) is 2.95. The summed E-state index contributed by atoms with van der Waals surface area (Å²) in [5.41, 5.74) is -0.129. The molecule has 1 aromatic heterocycles. The number of imide groups is 1. The number of carbonyl (C=O) groups excluding carboxylic acids is 3. The first kappa shape index (κ1) is 20.6. The van der Waals surface area contributed by atoms with Crippen LogP contribution in [0.25, 0.3) is 0 Å². The first-order valence-corrected chi connectivity index (χ1v) is 8.93. The van der Waals surface area contributed by atoms with Gasteiger partial charge in [0.2, 0.25) is 11.8 Å². The van der Waals surface area contributed by atoms with Crippen LogP contribution in [0.2, 0.25) is 0 Å². The second kappa shape index (κ2) is 9.31. The molecule has 0 spiro atoms. The Morgan fingerprint density at radius 2 is 2.00 bits per heavy atom. The fourth-order valence-electron chi connectivity index (χ4n) is 2.78. The van der Waals surface area contributed by atoms with Gasteiger partial charge in [0.25, 0.3) is 5.91 Å². The third-order valence-electron chi connectivity index (χ3n) is 4.58. The van der Waals surface area contributed by atoms with E-state index in [2.05, 4.69) is 15.6 Å². The maximum absolute atomic E-state index is 12.5. The maximum atomic E-state index is 12.5. The van der Waals surface area contributed by atoms with Crippen LogP contribution in [-0.4, -0.2) is 60.1 Å². The normalized spacial score (nSPS) is 15.6. The highest BCUT2D eigenvalue weighted by Crippen LogP contribution is 2.24. The van der Waals surface area contributed by atoms with E-state index in [0.29, 0.717) is 31.9 Å². The van der Waals surface area contributed by atoms with Crippen LogP contribution in [0.5, 0.6) is 5.88 Å². The van der Waals surface area contributed by atoms with Gasteiger partial charge in [-0.05, 0) is 18.4 Å². The largest absolute Gasteiger partial charge is 0.475 e. The highest BCUT2D eigenvalue weighted by Gasteiger charge is 2.49. The van der Waals surface area contributed by atoms with Crippen molar-refractivity contribution in [1.82, 2.24) is 20.5 Å². The number of nitrogens with zero attached hydrogens (tertiary/aromatic N) is 2. The molecule has 2 heterocycles. The number of amides is 4. The number of rotatable bonds is 10. The number of urea groups is 1. The molecule has 0 aromatic carbocycles. The summed E-state index contributed by atoms with van der Waals surface area (Å²) in [4.78, 5) is 41.8. The van der Waals surface area contributed by atoms with Gasteiger partial charge in [0, 0.05) is 25.9 Å².